The van der Waals surface area contributed by atoms with E-state index in [9.17, 15) is 18.0 Å². The Morgan fingerprint density at radius 2 is 2.00 bits per heavy atom. The maximum absolute atomic E-state index is 12.9. The second-order valence-electron chi connectivity index (χ2n) is 4.49. The largest absolute Gasteiger partial charge is 0.467 e. The van der Waals surface area contributed by atoms with Gasteiger partial charge in [0.2, 0.25) is 0 Å². The van der Waals surface area contributed by atoms with Crippen LogP contribution in [0.25, 0.3) is 0 Å². The molecule has 1 aromatic heterocycles. The summed E-state index contributed by atoms with van der Waals surface area (Å²) in [5, 5.41) is 2.43. The topological polar surface area (TPSA) is 51.5 Å². The van der Waals surface area contributed by atoms with E-state index in [0.29, 0.717) is 5.76 Å². The molecule has 0 saturated heterocycles. The van der Waals surface area contributed by atoms with E-state index in [0.717, 1.165) is 12.1 Å². The van der Waals surface area contributed by atoms with Gasteiger partial charge in [-0.05, 0) is 24.3 Å². The Balaban J connectivity index is 2.10. The number of nitrogens with one attached hydrogen (secondary N) is 1. The van der Waals surface area contributed by atoms with Gasteiger partial charge in [0.05, 0.1) is 23.9 Å². The molecule has 0 bridgehead atoms. The number of benzene rings is 1. The summed E-state index contributed by atoms with van der Waals surface area (Å²) >= 11 is 0. The van der Waals surface area contributed by atoms with Gasteiger partial charge in [0, 0.05) is 7.11 Å². The summed E-state index contributed by atoms with van der Waals surface area (Å²) in [6, 6.07) is 7.93. The molecular weight excluding hydrogens is 299 g/mol. The number of amides is 1. The molecule has 1 N–H and O–H groups in total. The molecule has 0 aliphatic heterocycles. The van der Waals surface area contributed by atoms with Crippen LogP contribution in [-0.4, -0.2) is 19.6 Å². The number of hydrogen-bond donors (Lipinski definition) is 1. The Morgan fingerprint density at radius 1 is 1.27 bits per heavy atom. The molecule has 0 radical (unpaired) electrons. The Kier molecular flexibility index (Phi) is 4.87. The van der Waals surface area contributed by atoms with Gasteiger partial charge >= 0.3 is 6.18 Å². The molecule has 0 spiro atoms. The normalized spacial score (nSPS) is 12.9. The molecule has 2 rings (SSSR count). The fraction of sp³-hybridized carbons (Fsp3) is 0.267. The lowest BCUT2D eigenvalue weighted by molar-refractivity contribution is -0.137. The second kappa shape index (κ2) is 6.65. The van der Waals surface area contributed by atoms with Crippen molar-refractivity contribution in [3.8, 4) is 0 Å². The molecule has 4 nitrogen and oxygen atoms in total. The minimum Gasteiger partial charge on any atom is -0.467 e. The molecule has 118 valence electrons. The van der Waals surface area contributed by atoms with Gasteiger partial charge in [0.15, 0.2) is 0 Å². The lowest BCUT2D eigenvalue weighted by Crippen LogP contribution is -2.30. The monoisotopic (exact) mass is 313 g/mol. The molecule has 0 aliphatic rings. The highest BCUT2D eigenvalue weighted by Gasteiger charge is 2.34. The van der Waals surface area contributed by atoms with Crippen molar-refractivity contribution in [2.24, 2.45) is 0 Å². The van der Waals surface area contributed by atoms with Crippen LogP contribution in [0.5, 0.6) is 0 Å². The molecule has 1 amide bonds. The number of hydrogen-bond acceptors (Lipinski definition) is 3. The summed E-state index contributed by atoms with van der Waals surface area (Å²) in [6.45, 7) is -0.00492. The summed E-state index contributed by atoms with van der Waals surface area (Å²) in [6.07, 6.45) is -3.71. The summed E-state index contributed by atoms with van der Waals surface area (Å²) in [5.74, 6) is -0.339. The predicted molar refractivity (Wildman–Crippen MR) is 72.2 cm³/mol. The van der Waals surface area contributed by atoms with Crippen LogP contribution in [0.3, 0.4) is 0 Å². The molecule has 0 saturated carbocycles. The Morgan fingerprint density at radius 3 is 2.59 bits per heavy atom. The molecule has 0 aliphatic carbocycles. The van der Waals surface area contributed by atoms with Crippen LogP contribution >= 0.6 is 0 Å². The van der Waals surface area contributed by atoms with E-state index in [-0.39, 0.29) is 6.54 Å². The Labute approximate surface area is 124 Å². The van der Waals surface area contributed by atoms with Gasteiger partial charge in [-0.1, -0.05) is 12.1 Å². The van der Waals surface area contributed by atoms with Crippen LogP contribution in [0.4, 0.5) is 13.2 Å². The first kappa shape index (κ1) is 16.1. The molecule has 1 heterocycles. The first-order valence-electron chi connectivity index (χ1n) is 6.44. The van der Waals surface area contributed by atoms with E-state index in [4.69, 9.17) is 9.15 Å². The van der Waals surface area contributed by atoms with E-state index in [1.807, 2.05) is 0 Å². The summed E-state index contributed by atoms with van der Waals surface area (Å²) in [5.41, 5.74) is -1.40. The van der Waals surface area contributed by atoms with E-state index in [1.54, 1.807) is 12.1 Å². The molecule has 0 fully saturated rings. The maximum atomic E-state index is 12.9. The van der Waals surface area contributed by atoms with Gasteiger partial charge < -0.3 is 14.5 Å². The van der Waals surface area contributed by atoms with Gasteiger partial charge in [-0.2, -0.15) is 13.2 Å². The van der Waals surface area contributed by atoms with Crippen molar-refractivity contribution >= 4 is 5.91 Å². The lowest BCUT2D eigenvalue weighted by Gasteiger charge is -2.16. The minimum absolute atomic E-state index is 0.00492. The van der Waals surface area contributed by atoms with Crippen molar-refractivity contribution in [1.82, 2.24) is 5.32 Å². The van der Waals surface area contributed by atoms with E-state index >= 15 is 0 Å². The van der Waals surface area contributed by atoms with Crippen molar-refractivity contribution in [3.63, 3.8) is 0 Å². The number of halogens is 3. The SMILES string of the molecule is COC(CNC(=O)c1ccccc1C(F)(F)F)c1ccco1. The van der Waals surface area contributed by atoms with Crippen molar-refractivity contribution in [3.05, 3.63) is 59.5 Å². The fourth-order valence-corrected chi connectivity index (χ4v) is 1.98. The molecular formula is C15H14F3NO3. The second-order valence-corrected chi connectivity index (χ2v) is 4.49. The number of carbonyl (C=O) groups is 1. The molecule has 22 heavy (non-hydrogen) atoms. The Bertz CT molecular complexity index is 623. The zero-order chi connectivity index (χ0) is 16.2. The quantitative estimate of drug-likeness (QED) is 0.920. The van der Waals surface area contributed by atoms with Gasteiger partial charge in [-0.25, -0.2) is 0 Å². The van der Waals surface area contributed by atoms with Gasteiger partial charge in [0.25, 0.3) is 5.91 Å². The number of rotatable bonds is 5. The molecule has 1 unspecified atom stereocenters. The third-order valence-electron chi connectivity index (χ3n) is 3.07. The van der Waals surface area contributed by atoms with E-state index in [2.05, 4.69) is 5.32 Å². The maximum Gasteiger partial charge on any atom is 0.417 e. The minimum atomic E-state index is -4.59. The zero-order valence-electron chi connectivity index (χ0n) is 11.7. The molecule has 1 atom stereocenters. The highest BCUT2D eigenvalue weighted by molar-refractivity contribution is 5.95. The van der Waals surface area contributed by atoms with Crippen LogP contribution < -0.4 is 5.32 Å². The lowest BCUT2D eigenvalue weighted by atomic mass is 10.1. The smallest absolute Gasteiger partial charge is 0.417 e. The zero-order valence-corrected chi connectivity index (χ0v) is 11.7. The van der Waals surface area contributed by atoms with Crippen LogP contribution in [-0.2, 0) is 10.9 Å². The summed E-state index contributed by atoms with van der Waals surface area (Å²) < 4.78 is 48.9. The third-order valence-corrected chi connectivity index (χ3v) is 3.07. The van der Waals surface area contributed by atoms with Crippen molar-refractivity contribution < 1.29 is 27.1 Å². The van der Waals surface area contributed by atoms with E-state index in [1.165, 1.54) is 25.5 Å². The highest BCUT2D eigenvalue weighted by Crippen LogP contribution is 2.31. The van der Waals surface area contributed by atoms with Gasteiger partial charge in [0.1, 0.15) is 11.9 Å². The van der Waals surface area contributed by atoms with Crippen LogP contribution in [0.1, 0.15) is 27.8 Å². The first-order chi connectivity index (χ1) is 10.4. The number of methoxy groups -OCH3 is 1. The Hall–Kier alpha value is -2.28. The van der Waals surface area contributed by atoms with Crippen LogP contribution in [0.15, 0.2) is 47.1 Å². The molecule has 2 aromatic rings. The third kappa shape index (κ3) is 3.67. The summed E-state index contributed by atoms with van der Waals surface area (Å²) in [4.78, 5) is 12.0. The van der Waals surface area contributed by atoms with Crippen molar-refractivity contribution in [2.75, 3.05) is 13.7 Å². The highest BCUT2D eigenvalue weighted by atomic mass is 19.4. The van der Waals surface area contributed by atoms with E-state index < -0.39 is 29.3 Å². The van der Waals surface area contributed by atoms with Gasteiger partial charge in [-0.3, -0.25) is 4.79 Å². The predicted octanol–water partition coefficient (Wildman–Crippen LogP) is 3.42. The van der Waals surface area contributed by atoms with Gasteiger partial charge in [-0.15, -0.1) is 0 Å². The number of alkyl halides is 3. The number of ether oxygens (including phenoxy) is 1. The average Bonchev–Trinajstić information content (AvgIpc) is 3.01. The van der Waals surface area contributed by atoms with Crippen molar-refractivity contribution in [2.45, 2.75) is 12.3 Å². The van der Waals surface area contributed by atoms with Crippen LogP contribution in [0, 0.1) is 0 Å². The number of carbonyl (C=O) groups excluding carboxylic acids is 1. The van der Waals surface area contributed by atoms with Crippen molar-refractivity contribution in [1.29, 1.82) is 0 Å². The standard InChI is InChI=1S/C15H14F3NO3/c1-21-13(12-7-4-8-22-12)9-19-14(20)10-5-2-3-6-11(10)15(16,17)18/h2-8,13H,9H2,1H3,(H,19,20). The van der Waals surface area contributed by atoms with Crippen LogP contribution in [0.2, 0.25) is 0 Å². The fourth-order valence-electron chi connectivity index (χ4n) is 1.98. The summed E-state index contributed by atoms with van der Waals surface area (Å²) in [7, 11) is 1.42. The first-order valence-corrected chi connectivity index (χ1v) is 6.44. The average molecular weight is 313 g/mol. The molecule has 1 aromatic carbocycles. The molecule has 7 heteroatoms. The number of furan rings is 1.